The van der Waals surface area contributed by atoms with Crippen LogP contribution in [0.5, 0.6) is 0 Å². The Kier molecular flexibility index (Phi) is 3.92. The highest BCUT2D eigenvalue weighted by Crippen LogP contribution is 2.69. The summed E-state index contributed by atoms with van der Waals surface area (Å²) >= 11 is 0. The number of nitrogens with zero attached hydrogens (tertiary/aromatic N) is 2. The summed E-state index contributed by atoms with van der Waals surface area (Å²) < 4.78 is 0. The number of carbonyl (C=O) groups excluding carboxylic acids is 1. The van der Waals surface area contributed by atoms with Crippen molar-refractivity contribution in [2.75, 3.05) is 26.2 Å². The van der Waals surface area contributed by atoms with E-state index in [-0.39, 0.29) is 10.8 Å². The number of amides is 1. The minimum Gasteiger partial charge on any atom is -0.383 e. The molecule has 0 bridgehead atoms. The Bertz CT molecular complexity index is 658. The number of aryl methyl sites for hydroxylation is 1. The molecule has 2 N–H and O–H groups in total. The number of likely N-dealkylation sites (tertiary alicyclic amines) is 1. The van der Waals surface area contributed by atoms with E-state index in [9.17, 15) is 9.90 Å². The molecule has 1 aromatic rings. The van der Waals surface area contributed by atoms with Gasteiger partial charge in [0.15, 0.2) is 0 Å². The molecular formula is C20H29N3O2. The van der Waals surface area contributed by atoms with Crippen molar-refractivity contribution >= 4 is 5.91 Å². The van der Waals surface area contributed by atoms with E-state index in [0.717, 1.165) is 43.6 Å². The standard InChI is InChI=1S/C20H29N3O2/c1-15-3-4-16(22-13-15)20(25)7-11-23(12-8-20)17(24)18(2)14-19(18)5-9-21-10-6-19/h3-4,13,21,25H,5-12,14H2,1-2H3. The molecule has 1 spiro atoms. The predicted octanol–water partition coefficient (Wildman–Crippen LogP) is 1.98. The van der Waals surface area contributed by atoms with Gasteiger partial charge >= 0.3 is 0 Å². The van der Waals surface area contributed by atoms with E-state index >= 15 is 0 Å². The number of aromatic nitrogens is 1. The van der Waals surface area contributed by atoms with Crippen molar-refractivity contribution in [2.24, 2.45) is 10.8 Å². The molecule has 3 fully saturated rings. The molecule has 5 nitrogen and oxygen atoms in total. The number of nitrogens with one attached hydrogen (secondary N) is 1. The first-order chi connectivity index (χ1) is 11.9. The van der Waals surface area contributed by atoms with Gasteiger partial charge in [-0.25, -0.2) is 0 Å². The van der Waals surface area contributed by atoms with Crippen molar-refractivity contribution in [3.8, 4) is 0 Å². The van der Waals surface area contributed by atoms with Crippen LogP contribution in [0.15, 0.2) is 18.3 Å². The number of pyridine rings is 1. The molecule has 1 saturated carbocycles. The summed E-state index contributed by atoms with van der Waals surface area (Å²) in [5.41, 5.74) is 0.960. The fourth-order valence-corrected chi connectivity index (χ4v) is 5.00. The number of hydrogen-bond acceptors (Lipinski definition) is 4. The van der Waals surface area contributed by atoms with E-state index in [2.05, 4.69) is 17.2 Å². The quantitative estimate of drug-likeness (QED) is 0.862. The fourth-order valence-electron chi connectivity index (χ4n) is 5.00. The van der Waals surface area contributed by atoms with Crippen molar-refractivity contribution in [3.63, 3.8) is 0 Å². The van der Waals surface area contributed by atoms with Crippen LogP contribution in [0, 0.1) is 17.8 Å². The molecule has 25 heavy (non-hydrogen) atoms. The second-order valence-corrected chi connectivity index (χ2v) is 8.58. The highest BCUT2D eigenvalue weighted by atomic mass is 16.3. The minimum atomic E-state index is -0.901. The van der Waals surface area contributed by atoms with Crippen LogP contribution in [-0.2, 0) is 10.4 Å². The number of rotatable bonds is 2. The molecule has 3 aliphatic rings. The van der Waals surface area contributed by atoms with Crippen molar-refractivity contribution in [1.29, 1.82) is 0 Å². The van der Waals surface area contributed by atoms with Gasteiger partial charge in [-0.15, -0.1) is 0 Å². The topological polar surface area (TPSA) is 65.5 Å². The molecule has 0 radical (unpaired) electrons. The van der Waals surface area contributed by atoms with Crippen LogP contribution in [-0.4, -0.2) is 47.1 Å². The summed E-state index contributed by atoms with van der Waals surface area (Å²) in [6, 6.07) is 3.91. The van der Waals surface area contributed by atoms with E-state index in [0.29, 0.717) is 31.8 Å². The summed E-state index contributed by atoms with van der Waals surface area (Å²) in [6.07, 6.45) is 6.19. The first-order valence-corrected chi connectivity index (χ1v) is 9.54. The summed E-state index contributed by atoms with van der Waals surface area (Å²) in [5, 5.41) is 14.4. The van der Waals surface area contributed by atoms with Crippen LogP contribution in [0.4, 0.5) is 0 Å². The SMILES string of the molecule is Cc1ccc(C2(O)CCN(C(=O)C3(C)CC34CCNCC4)CC2)nc1. The number of aliphatic hydroxyl groups is 1. The van der Waals surface area contributed by atoms with E-state index < -0.39 is 5.60 Å². The van der Waals surface area contributed by atoms with Gasteiger partial charge in [-0.1, -0.05) is 13.0 Å². The molecule has 136 valence electrons. The Morgan fingerprint density at radius 2 is 1.88 bits per heavy atom. The summed E-state index contributed by atoms with van der Waals surface area (Å²) in [5.74, 6) is 0.299. The third-order valence-corrected chi connectivity index (χ3v) is 7.04. The molecule has 1 atom stereocenters. The molecule has 0 aromatic carbocycles. The molecular weight excluding hydrogens is 314 g/mol. The van der Waals surface area contributed by atoms with Crippen LogP contribution in [0.2, 0.25) is 0 Å². The zero-order valence-electron chi connectivity index (χ0n) is 15.3. The van der Waals surface area contributed by atoms with E-state index in [1.807, 2.05) is 24.0 Å². The lowest BCUT2D eigenvalue weighted by Crippen LogP contribution is -2.48. The van der Waals surface area contributed by atoms with Gasteiger partial charge in [-0.3, -0.25) is 9.78 Å². The zero-order valence-corrected chi connectivity index (χ0v) is 15.3. The Morgan fingerprint density at radius 3 is 2.48 bits per heavy atom. The Labute approximate surface area is 149 Å². The third kappa shape index (κ3) is 2.68. The Morgan fingerprint density at radius 1 is 1.20 bits per heavy atom. The fraction of sp³-hybridized carbons (Fsp3) is 0.700. The lowest BCUT2D eigenvalue weighted by atomic mass is 9.83. The molecule has 5 heteroatoms. The van der Waals surface area contributed by atoms with Gasteiger partial charge in [0.1, 0.15) is 5.60 Å². The molecule has 1 amide bonds. The molecule has 1 aliphatic carbocycles. The maximum absolute atomic E-state index is 13.2. The predicted molar refractivity (Wildman–Crippen MR) is 95.9 cm³/mol. The minimum absolute atomic E-state index is 0.188. The van der Waals surface area contributed by atoms with Crippen molar-refractivity contribution in [3.05, 3.63) is 29.6 Å². The van der Waals surface area contributed by atoms with Crippen LogP contribution in [0.3, 0.4) is 0 Å². The van der Waals surface area contributed by atoms with Gasteiger partial charge in [0.25, 0.3) is 0 Å². The average molecular weight is 343 g/mol. The lowest BCUT2D eigenvalue weighted by molar-refractivity contribution is -0.142. The molecule has 1 aromatic heterocycles. The normalized spacial score (nSPS) is 30.3. The molecule has 1 unspecified atom stereocenters. The van der Waals surface area contributed by atoms with Gasteiger partial charge < -0.3 is 15.3 Å². The number of hydrogen-bond donors (Lipinski definition) is 2. The van der Waals surface area contributed by atoms with Crippen molar-refractivity contribution in [2.45, 2.75) is 51.6 Å². The average Bonchev–Trinajstić information content (AvgIpc) is 3.20. The Balaban J connectivity index is 1.42. The van der Waals surface area contributed by atoms with Crippen molar-refractivity contribution < 1.29 is 9.90 Å². The van der Waals surface area contributed by atoms with E-state index in [1.165, 1.54) is 0 Å². The second kappa shape index (κ2) is 5.78. The molecule has 2 aliphatic heterocycles. The lowest BCUT2D eigenvalue weighted by Gasteiger charge is -2.40. The second-order valence-electron chi connectivity index (χ2n) is 8.58. The summed E-state index contributed by atoms with van der Waals surface area (Å²) in [7, 11) is 0. The van der Waals surface area contributed by atoms with Gasteiger partial charge in [0, 0.05) is 19.3 Å². The van der Waals surface area contributed by atoms with Crippen LogP contribution in [0.25, 0.3) is 0 Å². The van der Waals surface area contributed by atoms with Gasteiger partial charge in [0.2, 0.25) is 5.91 Å². The zero-order chi connectivity index (χ0) is 17.7. The summed E-state index contributed by atoms with van der Waals surface area (Å²) in [6.45, 7) is 7.45. The van der Waals surface area contributed by atoms with E-state index in [4.69, 9.17) is 0 Å². The molecule has 3 heterocycles. The Hall–Kier alpha value is -1.46. The maximum Gasteiger partial charge on any atom is 0.229 e. The summed E-state index contributed by atoms with van der Waals surface area (Å²) in [4.78, 5) is 19.6. The number of carbonyl (C=O) groups is 1. The highest BCUT2D eigenvalue weighted by Gasteiger charge is 2.68. The van der Waals surface area contributed by atoms with Crippen LogP contribution >= 0.6 is 0 Å². The van der Waals surface area contributed by atoms with Crippen LogP contribution in [0.1, 0.15) is 50.3 Å². The molecule has 2 saturated heterocycles. The van der Waals surface area contributed by atoms with Gasteiger partial charge in [0.05, 0.1) is 11.1 Å². The largest absolute Gasteiger partial charge is 0.383 e. The smallest absolute Gasteiger partial charge is 0.229 e. The first-order valence-electron chi connectivity index (χ1n) is 9.54. The first kappa shape index (κ1) is 17.0. The van der Waals surface area contributed by atoms with Gasteiger partial charge in [-0.2, -0.15) is 0 Å². The third-order valence-electron chi connectivity index (χ3n) is 7.04. The monoisotopic (exact) mass is 343 g/mol. The van der Waals surface area contributed by atoms with Crippen molar-refractivity contribution in [1.82, 2.24) is 15.2 Å². The number of piperidine rings is 2. The van der Waals surface area contributed by atoms with Gasteiger partial charge in [-0.05, 0) is 69.2 Å². The maximum atomic E-state index is 13.2. The van der Waals surface area contributed by atoms with E-state index in [1.54, 1.807) is 6.20 Å². The molecule has 4 rings (SSSR count). The van der Waals surface area contributed by atoms with Crippen LogP contribution < -0.4 is 5.32 Å². The highest BCUT2D eigenvalue weighted by molar-refractivity contribution is 5.87.